The van der Waals surface area contributed by atoms with Crippen molar-refractivity contribution in [3.05, 3.63) is 28.1 Å². The molecule has 0 unspecified atom stereocenters. The van der Waals surface area contributed by atoms with Crippen LogP contribution in [0.5, 0.6) is 0 Å². The summed E-state index contributed by atoms with van der Waals surface area (Å²) in [5.74, 6) is 0.640. The highest BCUT2D eigenvalue weighted by Crippen LogP contribution is 2.27. The van der Waals surface area contributed by atoms with Gasteiger partial charge in [-0.05, 0) is 49.9 Å². The van der Waals surface area contributed by atoms with Gasteiger partial charge in [-0.15, -0.1) is 0 Å². The Morgan fingerprint density at radius 3 is 2.20 bits per heavy atom. The van der Waals surface area contributed by atoms with Crippen molar-refractivity contribution in [1.82, 2.24) is 9.97 Å². The third kappa shape index (κ3) is 1.35. The monoisotopic (exact) mass is 204 g/mol. The summed E-state index contributed by atoms with van der Waals surface area (Å²) >= 11 is 0. The minimum absolute atomic E-state index is 0.0361. The number of aliphatic hydroxyl groups excluding tert-OH is 1. The number of hydrogen-bond acceptors (Lipinski definition) is 2. The molecule has 0 atom stereocenters. The predicted molar refractivity (Wildman–Crippen MR) is 61.0 cm³/mol. The SMILES string of the molecule is Cc1c(C)c(C)c2[nH]c(CO)nc2c1C. The lowest BCUT2D eigenvalue weighted by Crippen LogP contribution is -1.92. The summed E-state index contributed by atoms with van der Waals surface area (Å²) in [6, 6.07) is 0. The van der Waals surface area contributed by atoms with Crippen LogP contribution in [-0.2, 0) is 6.61 Å². The Kier molecular flexibility index (Phi) is 2.27. The molecular formula is C12H16N2O. The van der Waals surface area contributed by atoms with Crippen molar-refractivity contribution < 1.29 is 5.11 Å². The van der Waals surface area contributed by atoms with Crippen LogP contribution in [0.1, 0.15) is 28.1 Å². The van der Waals surface area contributed by atoms with Gasteiger partial charge in [-0.1, -0.05) is 0 Å². The van der Waals surface area contributed by atoms with Gasteiger partial charge in [-0.3, -0.25) is 0 Å². The summed E-state index contributed by atoms with van der Waals surface area (Å²) in [5, 5.41) is 9.07. The summed E-state index contributed by atoms with van der Waals surface area (Å²) in [5.41, 5.74) is 7.05. The maximum Gasteiger partial charge on any atom is 0.133 e. The van der Waals surface area contributed by atoms with Crippen LogP contribution >= 0.6 is 0 Å². The van der Waals surface area contributed by atoms with E-state index in [1.807, 2.05) is 0 Å². The number of benzene rings is 1. The molecule has 0 saturated heterocycles. The summed E-state index contributed by atoms with van der Waals surface area (Å²) < 4.78 is 0. The molecule has 15 heavy (non-hydrogen) atoms. The van der Waals surface area contributed by atoms with Crippen LogP contribution in [0.3, 0.4) is 0 Å². The maximum atomic E-state index is 9.07. The van der Waals surface area contributed by atoms with Gasteiger partial charge in [0.1, 0.15) is 12.4 Å². The van der Waals surface area contributed by atoms with Gasteiger partial charge in [0, 0.05) is 0 Å². The average Bonchev–Trinajstić information content (AvgIpc) is 2.67. The molecule has 2 aromatic rings. The smallest absolute Gasteiger partial charge is 0.133 e. The van der Waals surface area contributed by atoms with Gasteiger partial charge in [0.25, 0.3) is 0 Å². The first kappa shape index (κ1) is 10.2. The number of fused-ring (bicyclic) bond motifs is 1. The molecule has 1 aromatic carbocycles. The first-order valence-corrected chi connectivity index (χ1v) is 5.12. The number of hydrogen-bond donors (Lipinski definition) is 2. The first-order valence-electron chi connectivity index (χ1n) is 5.12. The van der Waals surface area contributed by atoms with E-state index in [1.165, 1.54) is 22.3 Å². The highest BCUT2D eigenvalue weighted by Gasteiger charge is 2.12. The van der Waals surface area contributed by atoms with Gasteiger partial charge in [-0.25, -0.2) is 4.98 Å². The normalized spacial score (nSPS) is 11.3. The lowest BCUT2D eigenvalue weighted by atomic mass is 9.98. The molecule has 0 aliphatic carbocycles. The molecule has 0 aliphatic heterocycles. The number of nitrogens with zero attached hydrogens (tertiary/aromatic N) is 1. The van der Waals surface area contributed by atoms with E-state index in [4.69, 9.17) is 5.11 Å². The molecule has 3 heteroatoms. The van der Waals surface area contributed by atoms with Crippen LogP contribution in [0.4, 0.5) is 0 Å². The fourth-order valence-corrected chi connectivity index (χ4v) is 1.97. The van der Waals surface area contributed by atoms with E-state index in [2.05, 4.69) is 37.7 Å². The summed E-state index contributed by atoms with van der Waals surface area (Å²) in [6.45, 7) is 8.36. The van der Waals surface area contributed by atoms with E-state index in [1.54, 1.807) is 0 Å². The molecule has 0 aliphatic rings. The van der Waals surface area contributed by atoms with Gasteiger partial charge in [0.05, 0.1) is 11.0 Å². The molecule has 0 radical (unpaired) electrons. The van der Waals surface area contributed by atoms with Crippen LogP contribution in [0.25, 0.3) is 11.0 Å². The van der Waals surface area contributed by atoms with E-state index in [9.17, 15) is 0 Å². The number of rotatable bonds is 1. The second-order valence-electron chi connectivity index (χ2n) is 4.07. The summed E-state index contributed by atoms with van der Waals surface area (Å²) in [6.07, 6.45) is 0. The third-order valence-corrected chi connectivity index (χ3v) is 3.32. The minimum atomic E-state index is -0.0361. The average molecular weight is 204 g/mol. The van der Waals surface area contributed by atoms with Crippen molar-refractivity contribution in [1.29, 1.82) is 0 Å². The van der Waals surface area contributed by atoms with Crippen LogP contribution in [0.2, 0.25) is 0 Å². The summed E-state index contributed by atoms with van der Waals surface area (Å²) in [7, 11) is 0. The van der Waals surface area contributed by atoms with Crippen LogP contribution in [0.15, 0.2) is 0 Å². The second-order valence-corrected chi connectivity index (χ2v) is 4.07. The lowest BCUT2D eigenvalue weighted by molar-refractivity contribution is 0.273. The minimum Gasteiger partial charge on any atom is -0.388 e. The van der Waals surface area contributed by atoms with Crippen molar-refractivity contribution in [2.75, 3.05) is 0 Å². The van der Waals surface area contributed by atoms with Gasteiger partial charge < -0.3 is 10.1 Å². The van der Waals surface area contributed by atoms with Gasteiger partial charge >= 0.3 is 0 Å². The quantitative estimate of drug-likeness (QED) is 0.748. The van der Waals surface area contributed by atoms with E-state index >= 15 is 0 Å². The molecule has 1 aromatic heterocycles. The Hall–Kier alpha value is -1.35. The molecule has 0 bridgehead atoms. The number of H-pyrrole nitrogens is 1. The van der Waals surface area contributed by atoms with E-state index in [-0.39, 0.29) is 6.61 Å². The molecule has 2 N–H and O–H groups in total. The van der Waals surface area contributed by atoms with E-state index in [0.29, 0.717) is 5.82 Å². The van der Waals surface area contributed by atoms with Crippen molar-refractivity contribution in [3.63, 3.8) is 0 Å². The molecule has 3 nitrogen and oxygen atoms in total. The standard InChI is InChI=1S/C12H16N2O/c1-6-7(2)9(4)12-11(8(6)3)13-10(5-15)14-12/h15H,5H2,1-4H3,(H,13,14). The van der Waals surface area contributed by atoms with Crippen LogP contribution in [0, 0.1) is 27.7 Å². The molecule has 0 fully saturated rings. The third-order valence-electron chi connectivity index (χ3n) is 3.32. The zero-order valence-corrected chi connectivity index (χ0v) is 9.60. The van der Waals surface area contributed by atoms with E-state index < -0.39 is 0 Å². The highest BCUT2D eigenvalue weighted by molar-refractivity contribution is 5.84. The fourth-order valence-electron chi connectivity index (χ4n) is 1.97. The van der Waals surface area contributed by atoms with Crippen molar-refractivity contribution in [2.24, 2.45) is 0 Å². The number of aromatic amines is 1. The molecule has 1 heterocycles. The Morgan fingerprint density at radius 2 is 1.60 bits per heavy atom. The molecule has 80 valence electrons. The Balaban J connectivity index is 2.90. The lowest BCUT2D eigenvalue weighted by Gasteiger charge is -2.09. The van der Waals surface area contributed by atoms with Crippen molar-refractivity contribution in [2.45, 2.75) is 34.3 Å². The van der Waals surface area contributed by atoms with Gasteiger partial charge in [0.2, 0.25) is 0 Å². The van der Waals surface area contributed by atoms with Crippen molar-refractivity contribution >= 4 is 11.0 Å². The van der Waals surface area contributed by atoms with Crippen LogP contribution in [-0.4, -0.2) is 15.1 Å². The first-order chi connectivity index (χ1) is 7.06. The number of aliphatic hydroxyl groups is 1. The van der Waals surface area contributed by atoms with Gasteiger partial charge in [-0.2, -0.15) is 0 Å². The molecule has 0 saturated carbocycles. The Bertz CT molecular complexity index is 481. The zero-order valence-electron chi connectivity index (χ0n) is 9.60. The predicted octanol–water partition coefficient (Wildman–Crippen LogP) is 2.29. The maximum absolute atomic E-state index is 9.07. The molecule has 0 spiro atoms. The fraction of sp³-hybridized carbons (Fsp3) is 0.417. The number of aryl methyl sites for hydroxylation is 2. The van der Waals surface area contributed by atoms with E-state index in [0.717, 1.165) is 11.0 Å². The molecular weight excluding hydrogens is 188 g/mol. The topological polar surface area (TPSA) is 48.9 Å². The van der Waals surface area contributed by atoms with Gasteiger partial charge in [0.15, 0.2) is 0 Å². The number of aromatic nitrogens is 2. The number of imidazole rings is 1. The Morgan fingerprint density at radius 1 is 1.00 bits per heavy atom. The number of nitrogens with one attached hydrogen (secondary N) is 1. The largest absolute Gasteiger partial charge is 0.388 e. The summed E-state index contributed by atoms with van der Waals surface area (Å²) in [4.78, 5) is 7.55. The Labute approximate surface area is 89.2 Å². The molecule has 0 amide bonds. The highest BCUT2D eigenvalue weighted by atomic mass is 16.3. The van der Waals surface area contributed by atoms with Crippen molar-refractivity contribution in [3.8, 4) is 0 Å². The second kappa shape index (κ2) is 3.35. The molecule has 2 rings (SSSR count). The zero-order chi connectivity index (χ0) is 11.2. The van der Waals surface area contributed by atoms with Crippen LogP contribution < -0.4 is 0 Å².